The zero-order valence-electron chi connectivity index (χ0n) is 5.79. The highest BCUT2D eigenvalue weighted by atomic mass is 16.4. The van der Waals surface area contributed by atoms with Crippen molar-refractivity contribution in [2.45, 2.75) is 31.8 Å². The van der Waals surface area contributed by atoms with Crippen LogP contribution in [0.3, 0.4) is 0 Å². The minimum Gasteiger partial charge on any atom is -0.481 e. The van der Waals surface area contributed by atoms with Gasteiger partial charge in [-0.25, -0.2) is 0 Å². The molecule has 3 nitrogen and oxygen atoms in total. The fourth-order valence-electron chi connectivity index (χ4n) is 1.40. The van der Waals surface area contributed by atoms with Crippen molar-refractivity contribution >= 4 is 5.97 Å². The topological polar surface area (TPSA) is 57.5 Å². The van der Waals surface area contributed by atoms with E-state index in [0.717, 1.165) is 12.8 Å². The van der Waals surface area contributed by atoms with Crippen molar-refractivity contribution in [3.63, 3.8) is 0 Å². The van der Waals surface area contributed by atoms with E-state index in [1.54, 1.807) is 0 Å². The van der Waals surface area contributed by atoms with E-state index in [9.17, 15) is 4.79 Å². The number of hydrogen-bond donors (Lipinski definition) is 2. The number of hydrogen-bond acceptors (Lipinski definition) is 2. The van der Waals surface area contributed by atoms with Crippen molar-refractivity contribution < 1.29 is 15.0 Å². The summed E-state index contributed by atoms with van der Waals surface area (Å²) in [5, 5.41) is 17.7. The van der Waals surface area contributed by atoms with E-state index in [1.165, 1.54) is 0 Å². The van der Waals surface area contributed by atoms with Crippen LogP contribution in [-0.4, -0.2) is 22.3 Å². The van der Waals surface area contributed by atoms with Crippen LogP contribution in [0.25, 0.3) is 0 Å². The maximum absolute atomic E-state index is 10.4. The molecule has 2 atom stereocenters. The van der Waals surface area contributed by atoms with Gasteiger partial charge in [-0.05, 0) is 12.8 Å². The van der Waals surface area contributed by atoms with Gasteiger partial charge < -0.3 is 10.2 Å². The summed E-state index contributed by atoms with van der Waals surface area (Å²) in [6, 6.07) is 0. The van der Waals surface area contributed by atoms with Gasteiger partial charge in [0.05, 0.1) is 12.0 Å². The quantitative estimate of drug-likeness (QED) is 0.567. The van der Waals surface area contributed by atoms with E-state index in [4.69, 9.17) is 10.2 Å². The lowest BCUT2D eigenvalue weighted by molar-refractivity contribution is -0.147. The highest BCUT2D eigenvalue weighted by molar-refractivity contribution is 5.70. The molecule has 2 N–H and O–H groups in total. The molecular weight excluding hydrogens is 132 g/mol. The van der Waals surface area contributed by atoms with Crippen LogP contribution >= 0.6 is 0 Å². The van der Waals surface area contributed by atoms with E-state index < -0.39 is 18.0 Å². The summed E-state index contributed by atoms with van der Waals surface area (Å²) in [6.07, 6.45) is 2.58. The zero-order valence-corrected chi connectivity index (χ0v) is 5.79. The summed E-state index contributed by atoms with van der Waals surface area (Å²) < 4.78 is 0. The third-order valence-corrected chi connectivity index (χ3v) is 2.05. The Bertz CT molecular complexity index is 133. The molecule has 0 aromatic carbocycles. The molecule has 1 saturated carbocycles. The first kappa shape index (κ1) is 7.54. The number of aliphatic hydroxyl groups is 1. The van der Waals surface area contributed by atoms with Crippen molar-refractivity contribution in [3.8, 4) is 0 Å². The molecule has 0 saturated heterocycles. The molecule has 0 spiro atoms. The monoisotopic (exact) mass is 144 g/mol. The van der Waals surface area contributed by atoms with Crippen LogP contribution in [0.15, 0.2) is 0 Å². The molecule has 1 aliphatic rings. The van der Waals surface area contributed by atoms with Gasteiger partial charge in [0.15, 0.2) is 0 Å². The zero-order chi connectivity index (χ0) is 7.56. The third kappa shape index (κ3) is 1.48. The number of rotatable bonds is 1. The van der Waals surface area contributed by atoms with Crippen molar-refractivity contribution in [3.05, 3.63) is 0 Å². The van der Waals surface area contributed by atoms with Gasteiger partial charge in [0, 0.05) is 0 Å². The summed E-state index contributed by atoms with van der Waals surface area (Å²) >= 11 is 0. The first-order chi connectivity index (χ1) is 4.72. The maximum atomic E-state index is 10.4. The number of carboxylic acids is 1. The largest absolute Gasteiger partial charge is 0.481 e. The van der Waals surface area contributed by atoms with Gasteiger partial charge in [0.25, 0.3) is 0 Å². The summed E-state index contributed by atoms with van der Waals surface area (Å²) in [7, 11) is 0. The molecule has 58 valence electrons. The summed E-state index contributed by atoms with van der Waals surface area (Å²) in [5.74, 6) is -1.36. The van der Waals surface area contributed by atoms with Crippen LogP contribution in [0.1, 0.15) is 25.7 Å². The highest BCUT2D eigenvalue weighted by Crippen LogP contribution is 2.23. The third-order valence-electron chi connectivity index (χ3n) is 2.05. The van der Waals surface area contributed by atoms with Crippen molar-refractivity contribution in [2.24, 2.45) is 5.92 Å². The Morgan fingerprint density at radius 1 is 1.30 bits per heavy atom. The van der Waals surface area contributed by atoms with Gasteiger partial charge in [-0.1, -0.05) is 12.8 Å². The van der Waals surface area contributed by atoms with Crippen molar-refractivity contribution in [1.82, 2.24) is 0 Å². The van der Waals surface area contributed by atoms with Crippen LogP contribution in [0, 0.1) is 5.92 Å². The average Bonchev–Trinajstić information content (AvgIpc) is 1.88. The molecule has 0 aromatic rings. The molecule has 0 radical (unpaired) electrons. The predicted molar refractivity (Wildman–Crippen MR) is 35.6 cm³/mol. The van der Waals surface area contributed by atoms with Gasteiger partial charge >= 0.3 is 5.97 Å². The summed E-state index contributed by atoms with van der Waals surface area (Å²) in [6.45, 7) is 0. The molecule has 0 bridgehead atoms. The number of carboxylic acid groups (broad SMARTS) is 1. The molecule has 0 aliphatic heterocycles. The van der Waals surface area contributed by atoms with Crippen LogP contribution in [-0.2, 0) is 4.79 Å². The van der Waals surface area contributed by atoms with E-state index >= 15 is 0 Å². The second kappa shape index (κ2) is 3.01. The van der Waals surface area contributed by atoms with Crippen molar-refractivity contribution in [1.29, 1.82) is 0 Å². The van der Waals surface area contributed by atoms with Gasteiger partial charge in [-0.2, -0.15) is 0 Å². The Kier molecular flexibility index (Phi) is 2.27. The smallest absolute Gasteiger partial charge is 0.309 e. The fourth-order valence-corrected chi connectivity index (χ4v) is 1.40. The van der Waals surface area contributed by atoms with E-state index in [0.29, 0.717) is 12.8 Å². The van der Waals surface area contributed by atoms with E-state index in [2.05, 4.69) is 0 Å². The number of aliphatic carboxylic acids is 1. The van der Waals surface area contributed by atoms with Crippen LogP contribution in [0.2, 0.25) is 0 Å². The Morgan fingerprint density at radius 2 is 1.90 bits per heavy atom. The molecule has 3 heteroatoms. The van der Waals surface area contributed by atoms with Crippen LogP contribution < -0.4 is 0 Å². The first-order valence-electron chi connectivity index (χ1n) is 3.62. The van der Waals surface area contributed by atoms with E-state index in [1.807, 2.05) is 0 Å². The van der Waals surface area contributed by atoms with E-state index in [-0.39, 0.29) is 0 Å². The Balaban J connectivity index is 2.47. The first-order valence-corrected chi connectivity index (χ1v) is 3.62. The summed E-state index contributed by atoms with van der Waals surface area (Å²) in [5.41, 5.74) is 0. The van der Waals surface area contributed by atoms with Crippen LogP contribution in [0.4, 0.5) is 0 Å². The molecule has 0 unspecified atom stereocenters. The predicted octanol–water partition coefficient (Wildman–Crippen LogP) is 0.622. The summed E-state index contributed by atoms with van der Waals surface area (Å²) in [4.78, 5) is 10.4. The van der Waals surface area contributed by atoms with Gasteiger partial charge in [0.1, 0.15) is 0 Å². The lowest BCUT2D eigenvalue weighted by atomic mass is 9.87. The van der Waals surface area contributed by atoms with Gasteiger partial charge in [-0.15, -0.1) is 0 Å². The Hall–Kier alpha value is -0.570. The SMILES string of the molecule is O=C(O)[C@@H]1CCCC[C@@H]1O. The second-order valence-corrected chi connectivity index (χ2v) is 2.80. The lowest BCUT2D eigenvalue weighted by Crippen LogP contribution is -2.30. The normalized spacial score (nSPS) is 33.7. The van der Waals surface area contributed by atoms with Gasteiger partial charge in [0.2, 0.25) is 0 Å². The molecule has 1 aliphatic carbocycles. The average molecular weight is 144 g/mol. The molecule has 0 heterocycles. The minimum atomic E-state index is -0.854. The molecule has 1 fully saturated rings. The molecule has 0 amide bonds. The molecular formula is C7H12O3. The standard InChI is InChI=1S/C7H12O3/c8-6-4-2-1-3-5(6)7(9)10/h5-6,8H,1-4H2,(H,9,10)/t5-,6+/m1/s1. The number of aliphatic hydroxyl groups excluding tert-OH is 1. The maximum Gasteiger partial charge on any atom is 0.309 e. The van der Waals surface area contributed by atoms with Gasteiger partial charge in [-0.3, -0.25) is 4.79 Å². The van der Waals surface area contributed by atoms with Crippen molar-refractivity contribution in [2.75, 3.05) is 0 Å². The fraction of sp³-hybridized carbons (Fsp3) is 0.857. The Labute approximate surface area is 59.7 Å². The molecule has 0 aromatic heterocycles. The lowest BCUT2D eigenvalue weighted by Gasteiger charge is -2.23. The minimum absolute atomic E-state index is 0.506. The molecule has 1 rings (SSSR count). The second-order valence-electron chi connectivity index (χ2n) is 2.80. The number of carbonyl (C=O) groups is 1. The molecule has 10 heavy (non-hydrogen) atoms. The van der Waals surface area contributed by atoms with Crippen LogP contribution in [0.5, 0.6) is 0 Å². The Morgan fingerprint density at radius 3 is 2.30 bits per heavy atom. The highest BCUT2D eigenvalue weighted by Gasteiger charge is 2.28.